The van der Waals surface area contributed by atoms with Crippen molar-refractivity contribution in [3.8, 4) is 33.9 Å². The number of nitrogens with zero attached hydrogens (tertiary/aromatic N) is 2. The normalized spacial score (nSPS) is 11.2. The van der Waals surface area contributed by atoms with E-state index in [4.69, 9.17) is 20.2 Å². The third-order valence-corrected chi connectivity index (χ3v) is 7.63. The Hall–Kier alpha value is -4.50. The smallest absolute Gasteiger partial charge is 0.162 e. The summed E-state index contributed by atoms with van der Waals surface area (Å²) >= 11 is 0. The van der Waals surface area contributed by atoms with Crippen molar-refractivity contribution in [1.29, 1.82) is 0 Å². The molecule has 1 heterocycles. The molecule has 0 atom stereocenters. The van der Waals surface area contributed by atoms with Gasteiger partial charge in [0, 0.05) is 48.4 Å². The summed E-state index contributed by atoms with van der Waals surface area (Å²) in [6.07, 6.45) is 1.01. The zero-order valence-corrected chi connectivity index (χ0v) is 26.3. The number of nitrogens with two attached hydrogens (primary N) is 1. The molecule has 238 valence electrons. The van der Waals surface area contributed by atoms with Crippen LogP contribution in [-0.4, -0.2) is 48.3 Å². The Bertz CT molecular complexity index is 1730. The van der Waals surface area contributed by atoms with E-state index in [0.717, 1.165) is 44.9 Å². The number of rotatable bonds is 15. The van der Waals surface area contributed by atoms with Gasteiger partial charge in [0.25, 0.3) is 0 Å². The molecular weight excluding hydrogens is 584 g/mol. The van der Waals surface area contributed by atoms with Crippen LogP contribution in [0, 0.1) is 25.5 Å². The fourth-order valence-electron chi connectivity index (χ4n) is 5.50. The number of ketones is 1. The van der Waals surface area contributed by atoms with E-state index in [-0.39, 0.29) is 17.4 Å². The molecule has 8 heteroatoms. The van der Waals surface area contributed by atoms with Gasteiger partial charge >= 0.3 is 0 Å². The van der Waals surface area contributed by atoms with Gasteiger partial charge in [-0.15, -0.1) is 0 Å². The highest BCUT2D eigenvalue weighted by molar-refractivity contribution is 5.96. The lowest BCUT2D eigenvalue weighted by Crippen LogP contribution is -2.12. The Balaban J connectivity index is 1.45. The van der Waals surface area contributed by atoms with Gasteiger partial charge < -0.3 is 19.8 Å². The van der Waals surface area contributed by atoms with Crippen molar-refractivity contribution in [2.45, 2.75) is 33.2 Å². The lowest BCUT2D eigenvalue weighted by atomic mass is 10.0. The molecule has 5 aromatic rings. The lowest BCUT2D eigenvalue weighted by molar-refractivity contribution is 0.0489. The molecule has 4 aromatic carbocycles. The Kier molecular flexibility index (Phi) is 11.2. The molecule has 0 saturated carbocycles. The van der Waals surface area contributed by atoms with E-state index in [2.05, 4.69) is 22.8 Å². The number of aromatic nitrogens is 2. The van der Waals surface area contributed by atoms with Crippen molar-refractivity contribution in [2.75, 3.05) is 33.0 Å². The van der Waals surface area contributed by atoms with Crippen LogP contribution in [0.25, 0.3) is 33.9 Å². The molecule has 5 rings (SSSR count). The molecule has 0 aliphatic carbocycles. The van der Waals surface area contributed by atoms with Crippen LogP contribution in [-0.2, 0) is 16.0 Å². The van der Waals surface area contributed by atoms with Gasteiger partial charge in [-0.1, -0.05) is 41.5 Å². The third-order valence-electron chi connectivity index (χ3n) is 7.63. The molecule has 0 amide bonds. The van der Waals surface area contributed by atoms with Crippen molar-refractivity contribution in [2.24, 2.45) is 5.73 Å². The highest BCUT2D eigenvalue weighted by atomic mass is 19.1. The number of Topliss-reactive ketones (excluding diaryl/α,β-unsaturated/α-hetero) is 1. The van der Waals surface area contributed by atoms with E-state index in [1.54, 1.807) is 24.3 Å². The van der Waals surface area contributed by atoms with E-state index >= 15 is 0 Å². The number of halogens is 2. The maximum atomic E-state index is 14.0. The summed E-state index contributed by atoms with van der Waals surface area (Å²) in [5.41, 5.74) is 13.1. The van der Waals surface area contributed by atoms with Crippen molar-refractivity contribution >= 4 is 5.78 Å². The topological polar surface area (TPSA) is 79.4 Å². The van der Waals surface area contributed by atoms with Gasteiger partial charge in [0.2, 0.25) is 0 Å². The number of hydrogen-bond donors (Lipinski definition) is 1. The first kappa shape index (κ1) is 32.9. The summed E-state index contributed by atoms with van der Waals surface area (Å²) < 4.78 is 40.9. The average molecular weight is 624 g/mol. The van der Waals surface area contributed by atoms with E-state index < -0.39 is 0 Å². The first-order chi connectivity index (χ1) is 22.3. The number of hydrogen-bond acceptors (Lipinski definition) is 5. The second-order valence-electron chi connectivity index (χ2n) is 11.3. The summed E-state index contributed by atoms with van der Waals surface area (Å²) in [5, 5.41) is 0. The molecular formula is C38H39F2N3O3. The molecule has 0 spiro atoms. The standard InChI is InChI=1S/C38H39F2N3O3/c1-26-22-27(2)24-32(23-26)38-42-36(30-9-13-33(39)14-10-30)37(31-11-15-34(40)16-12-31)43(38)25-28-5-7-29(8-6-28)35(44)4-3-18-45-20-21-46-19-17-41/h5-16,22-24H,3-4,17-21,25,41H2,1-2H3. The summed E-state index contributed by atoms with van der Waals surface area (Å²) in [4.78, 5) is 18.0. The Morgan fingerprint density at radius 3 is 1.93 bits per heavy atom. The Morgan fingerprint density at radius 1 is 0.739 bits per heavy atom. The first-order valence-corrected chi connectivity index (χ1v) is 15.5. The van der Waals surface area contributed by atoms with E-state index in [0.29, 0.717) is 63.6 Å². The highest BCUT2D eigenvalue weighted by Crippen LogP contribution is 2.37. The Labute approximate surface area is 268 Å². The average Bonchev–Trinajstić information content (AvgIpc) is 3.41. The quantitative estimate of drug-likeness (QED) is 0.0952. The fraction of sp³-hybridized carbons (Fsp3) is 0.263. The van der Waals surface area contributed by atoms with Crippen LogP contribution in [0.4, 0.5) is 8.78 Å². The molecule has 6 nitrogen and oxygen atoms in total. The molecule has 2 N–H and O–H groups in total. The van der Waals surface area contributed by atoms with E-state index in [1.165, 1.54) is 24.3 Å². The van der Waals surface area contributed by atoms with Crippen molar-refractivity contribution in [3.63, 3.8) is 0 Å². The summed E-state index contributed by atoms with van der Waals surface area (Å²) in [5.74, 6) is 0.116. The molecule has 1 aromatic heterocycles. The second-order valence-corrected chi connectivity index (χ2v) is 11.3. The third kappa shape index (κ3) is 8.40. The van der Waals surface area contributed by atoms with E-state index in [1.807, 2.05) is 38.1 Å². The van der Waals surface area contributed by atoms with Crippen LogP contribution in [0.1, 0.15) is 39.9 Å². The van der Waals surface area contributed by atoms with Gasteiger partial charge in [0.1, 0.15) is 17.5 Å². The van der Waals surface area contributed by atoms with Crippen LogP contribution >= 0.6 is 0 Å². The molecule has 0 unspecified atom stereocenters. The van der Waals surface area contributed by atoms with Gasteiger partial charge in [0.15, 0.2) is 5.78 Å². The minimum Gasteiger partial charge on any atom is -0.379 e. The minimum atomic E-state index is -0.337. The predicted octanol–water partition coefficient (Wildman–Crippen LogP) is 7.78. The zero-order valence-electron chi connectivity index (χ0n) is 26.3. The first-order valence-electron chi connectivity index (χ1n) is 15.5. The van der Waals surface area contributed by atoms with Crippen LogP contribution in [0.15, 0.2) is 91.0 Å². The monoisotopic (exact) mass is 623 g/mol. The van der Waals surface area contributed by atoms with Gasteiger partial charge in [-0.2, -0.15) is 0 Å². The molecule has 0 fully saturated rings. The van der Waals surface area contributed by atoms with Crippen LogP contribution in [0.5, 0.6) is 0 Å². The number of imidazole rings is 1. The van der Waals surface area contributed by atoms with Crippen LogP contribution in [0.2, 0.25) is 0 Å². The number of carbonyl (C=O) groups excluding carboxylic acids is 1. The number of carbonyl (C=O) groups is 1. The van der Waals surface area contributed by atoms with Crippen molar-refractivity contribution in [1.82, 2.24) is 9.55 Å². The molecule has 0 aliphatic heterocycles. The fourth-order valence-corrected chi connectivity index (χ4v) is 5.50. The molecule has 46 heavy (non-hydrogen) atoms. The van der Waals surface area contributed by atoms with Crippen LogP contribution < -0.4 is 5.73 Å². The highest BCUT2D eigenvalue weighted by Gasteiger charge is 2.22. The van der Waals surface area contributed by atoms with Gasteiger partial charge in [-0.3, -0.25) is 4.79 Å². The second kappa shape index (κ2) is 15.7. The summed E-state index contributed by atoms with van der Waals surface area (Å²) in [6.45, 7) is 6.98. The zero-order chi connectivity index (χ0) is 32.5. The minimum absolute atomic E-state index is 0.0543. The lowest BCUT2D eigenvalue weighted by Gasteiger charge is -2.15. The predicted molar refractivity (Wildman–Crippen MR) is 178 cm³/mol. The van der Waals surface area contributed by atoms with Gasteiger partial charge in [-0.05, 0) is 86.5 Å². The molecule has 0 bridgehead atoms. The SMILES string of the molecule is Cc1cc(C)cc(-c2nc(-c3ccc(F)cc3)c(-c3ccc(F)cc3)n2Cc2ccc(C(=O)CCCOCCOCCN)cc2)c1. The number of benzene rings is 4. The molecule has 0 aliphatic rings. The van der Waals surface area contributed by atoms with Crippen LogP contribution in [0.3, 0.4) is 0 Å². The largest absolute Gasteiger partial charge is 0.379 e. The maximum Gasteiger partial charge on any atom is 0.162 e. The van der Waals surface area contributed by atoms with Gasteiger partial charge in [0.05, 0.1) is 31.2 Å². The number of aryl methyl sites for hydroxylation is 2. The molecule has 0 radical (unpaired) electrons. The summed E-state index contributed by atoms with van der Waals surface area (Å²) in [6, 6.07) is 26.5. The van der Waals surface area contributed by atoms with Crippen molar-refractivity contribution in [3.05, 3.63) is 125 Å². The maximum absolute atomic E-state index is 14.0. The Morgan fingerprint density at radius 2 is 1.33 bits per heavy atom. The number of ether oxygens (including phenoxy) is 2. The van der Waals surface area contributed by atoms with Crippen molar-refractivity contribution < 1.29 is 23.0 Å². The van der Waals surface area contributed by atoms with E-state index in [9.17, 15) is 13.6 Å². The van der Waals surface area contributed by atoms with Gasteiger partial charge in [-0.25, -0.2) is 13.8 Å². The summed E-state index contributed by atoms with van der Waals surface area (Å²) in [7, 11) is 0. The molecule has 0 saturated heterocycles.